The lowest BCUT2D eigenvalue weighted by Crippen LogP contribution is -2.24. The third-order valence-corrected chi connectivity index (χ3v) is 2.93. The van der Waals surface area contributed by atoms with Crippen molar-refractivity contribution in [2.75, 3.05) is 6.61 Å². The van der Waals surface area contributed by atoms with E-state index in [1.807, 2.05) is 6.92 Å². The maximum Gasteiger partial charge on any atom is 0.311 e. The van der Waals surface area contributed by atoms with E-state index in [1.54, 1.807) is 25.3 Å². The van der Waals surface area contributed by atoms with Gasteiger partial charge in [-0.2, -0.15) is 0 Å². The van der Waals surface area contributed by atoms with Gasteiger partial charge in [-0.15, -0.1) is 0 Å². The van der Waals surface area contributed by atoms with E-state index in [2.05, 4.69) is 20.9 Å². The molecule has 0 aliphatic rings. The number of aliphatic hydroxyl groups excluding tert-OH is 1. The second-order valence-corrected chi connectivity index (χ2v) is 4.53. The number of hydrogen-bond acceptors (Lipinski definition) is 4. The Balaban J connectivity index is 2.81. The fourth-order valence-electron chi connectivity index (χ4n) is 1.54. The first-order chi connectivity index (χ1) is 8.10. The molecule has 2 unspecified atom stereocenters. The summed E-state index contributed by atoms with van der Waals surface area (Å²) < 4.78 is 5.76. The zero-order chi connectivity index (χ0) is 12.8. The number of pyridine rings is 1. The molecule has 1 aromatic rings. The van der Waals surface area contributed by atoms with Gasteiger partial charge in [0.25, 0.3) is 0 Å². The number of hydrogen-bond donors (Lipinski definition) is 1. The van der Waals surface area contributed by atoms with E-state index in [1.165, 1.54) is 0 Å². The Labute approximate surface area is 109 Å². The molecular weight excluding hydrogens is 286 g/mol. The molecule has 1 rings (SSSR count). The van der Waals surface area contributed by atoms with E-state index >= 15 is 0 Å². The summed E-state index contributed by atoms with van der Waals surface area (Å²) in [5.41, 5.74) is 0.480. The van der Waals surface area contributed by atoms with Gasteiger partial charge in [-0.05, 0) is 41.4 Å². The van der Waals surface area contributed by atoms with Gasteiger partial charge >= 0.3 is 5.97 Å². The van der Waals surface area contributed by atoms with Crippen LogP contribution in [0.25, 0.3) is 0 Å². The molecular formula is C12H16BrNO3. The average molecular weight is 302 g/mol. The first-order valence-electron chi connectivity index (χ1n) is 5.56. The molecule has 2 atom stereocenters. The standard InChI is InChI=1S/C12H16BrNO3/c1-3-9(12(16)17-4-2)11(15)10-6-5-8(13)7-14-10/h5-7,9,11,15H,3-4H2,1-2H3. The smallest absolute Gasteiger partial charge is 0.311 e. The molecule has 0 amide bonds. The Morgan fingerprint density at radius 3 is 2.71 bits per heavy atom. The molecule has 1 heterocycles. The summed E-state index contributed by atoms with van der Waals surface area (Å²) in [4.78, 5) is 15.7. The van der Waals surface area contributed by atoms with E-state index < -0.39 is 12.0 Å². The van der Waals surface area contributed by atoms with Gasteiger partial charge in [0.1, 0.15) is 6.10 Å². The minimum Gasteiger partial charge on any atom is -0.466 e. The van der Waals surface area contributed by atoms with Gasteiger partial charge in [0, 0.05) is 10.7 Å². The van der Waals surface area contributed by atoms with Crippen LogP contribution < -0.4 is 0 Å². The second-order valence-electron chi connectivity index (χ2n) is 3.61. The van der Waals surface area contributed by atoms with Crippen LogP contribution >= 0.6 is 15.9 Å². The highest BCUT2D eigenvalue weighted by molar-refractivity contribution is 9.10. The van der Waals surface area contributed by atoms with Crippen LogP contribution in [0.1, 0.15) is 32.1 Å². The topological polar surface area (TPSA) is 59.4 Å². The number of carbonyl (C=O) groups excluding carboxylic acids is 1. The number of aromatic nitrogens is 1. The summed E-state index contributed by atoms with van der Waals surface area (Å²) in [5, 5.41) is 10.1. The summed E-state index contributed by atoms with van der Waals surface area (Å²) in [6.45, 7) is 3.90. The van der Waals surface area contributed by atoms with Crippen LogP contribution in [0.15, 0.2) is 22.8 Å². The van der Waals surface area contributed by atoms with Crippen LogP contribution in [0, 0.1) is 5.92 Å². The van der Waals surface area contributed by atoms with Crippen molar-refractivity contribution in [3.05, 3.63) is 28.5 Å². The Kier molecular flexibility index (Phi) is 5.58. The van der Waals surface area contributed by atoms with Gasteiger partial charge in [0.2, 0.25) is 0 Å². The van der Waals surface area contributed by atoms with Gasteiger partial charge in [-0.1, -0.05) is 6.92 Å². The number of carbonyl (C=O) groups is 1. The third-order valence-electron chi connectivity index (χ3n) is 2.46. The molecule has 1 N–H and O–H groups in total. The SMILES string of the molecule is CCOC(=O)C(CC)C(O)c1ccc(Br)cn1. The van der Waals surface area contributed by atoms with Crippen molar-refractivity contribution in [3.63, 3.8) is 0 Å². The van der Waals surface area contributed by atoms with Crippen molar-refractivity contribution >= 4 is 21.9 Å². The van der Waals surface area contributed by atoms with E-state index in [0.717, 1.165) is 4.47 Å². The molecule has 0 radical (unpaired) electrons. The lowest BCUT2D eigenvalue weighted by Gasteiger charge is -2.19. The third kappa shape index (κ3) is 3.78. The monoisotopic (exact) mass is 301 g/mol. The number of rotatable bonds is 5. The van der Waals surface area contributed by atoms with Crippen molar-refractivity contribution < 1.29 is 14.6 Å². The van der Waals surface area contributed by atoms with Crippen molar-refractivity contribution in [1.82, 2.24) is 4.98 Å². The number of esters is 1. The minimum atomic E-state index is -0.924. The molecule has 4 nitrogen and oxygen atoms in total. The normalized spacial score (nSPS) is 14.1. The van der Waals surface area contributed by atoms with Crippen LogP contribution in [0.4, 0.5) is 0 Å². The predicted molar refractivity (Wildman–Crippen MR) is 67.3 cm³/mol. The minimum absolute atomic E-state index is 0.315. The lowest BCUT2D eigenvalue weighted by molar-refractivity contribution is -0.152. The van der Waals surface area contributed by atoms with Crippen LogP contribution in [0.3, 0.4) is 0 Å². The van der Waals surface area contributed by atoms with Gasteiger partial charge < -0.3 is 9.84 Å². The summed E-state index contributed by atoms with van der Waals surface area (Å²) >= 11 is 3.27. The summed E-state index contributed by atoms with van der Waals surface area (Å²) in [6, 6.07) is 3.47. The molecule has 5 heteroatoms. The Bertz CT molecular complexity index is 367. The largest absolute Gasteiger partial charge is 0.466 e. The molecule has 94 valence electrons. The number of halogens is 1. The number of ether oxygens (including phenoxy) is 1. The van der Waals surface area contributed by atoms with Crippen LogP contribution in [0.5, 0.6) is 0 Å². The molecule has 0 aliphatic heterocycles. The van der Waals surface area contributed by atoms with Crippen molar-refractivity contribution in [2.24, 2.45) is 5.92 Å². The van der Waals surface area contributed by atoms with E-state index in [4.69, 9.17) is 4.74 Å². The Hall–Kier alpha value is -0.940. The van der Waals surface area contributed by atoms with Crippen molar-refractivity contribution in [3.8, 4) is 0 Å². The molecule has 0 aliphatic carbocycles. The number of aliphatic hydroxyl groups is 1. The van der Waals surface area contributed by atoms with Gasteiger partial charge in [0.15, 0.2) is 0 Å². The highest BCUT2D eigenvalue weighted by Gasteiger charge is 2.28. The maximum atomic E-state index is 11.6. The summed E-state index contributed by atoms with van der Waals surface area (Å²) in [5.74, 6) is -0.948. The molecule has 0 saturated heterocycles. The molecule has 17 heavy (non-hydrogen) atoms. The van der Waals surface area contributed by atoms with Gasteiger partial charge in [-0.3, -0.25) is 9.78 Å². The molecule has 0 bridgehead atoms. The number of nitrogens with zero attached hydrogens (tertiary/aromatic N) is 1. The second kappa shape index (κ2) is 6.71. The Morgan fingerprint density at radius 1 is 1.53 bits per heavy atom. The highest BCUT2D eigenvalue weighted by atomic mass is 79.9. The van der Waals surface area contributed by atoms with Crippen LogP contribution in [-0.2, 0) is 9.53 Å². The first-order valence-corrected chi connectivity index (χ1v) is 6.35. The molecule has 0 saturated carbocycles. The van der Waals surface area contributed by atoms with E-state index in [9.17, 15) is 9.90 Å². The van der Waals surface area contributed by atoms with Crippen LogP contribution in [0.2, 0.25) is 0 Å². The molecule has 0 fully saturated rings. The lowest BCUT2D eigenvalue weighted by atomic mass is 9.97. The van der Waals surface area contributed by atoms with Gasteiger partial charge in [0.05, 0.1) is 18.2 Å². The first kappa shape index (κ1) is 14.1. The molecule has 1 aromatic heterocycles. The fraction of sp³-hybridized carbons (Fsp3) is 0.500. The zero-order valence-electron chi connectivity index (χ0n) is 9.89. The van der Waals surface area contributed by atoms with E-state index in [0.29, 0.717) is 18.7 Å². The Morgan fingerprint density at radius 2 is 2.24 bits per heavy atom. The van der Waals surface area contributed by atoms with Crippen LogP contribution in [-0.4, -0.2) is 22.7 Å². The molecule has 0 aromatic carbocycles. The van der Waals surface area contributed by atoms with Gasteiger partial charge in [-0.25, -0.2) is 0 Å². The van der Waals surface area contributed by atoms with Crippen molar-refractivity contribution in [2.45, 2.75) is 26.4 Å². The zero-order valence-corrected chi connectivity index (χ0v) is 11.5. The average Bonchev–Trinajstić information content (AvgIpc) is 2.31. The quantitative estimate of drug-likeness (QED) is 0.849. The fourth-order valence-corrected chi connectivity index (χ4v) is 1.77. The highest BCUT2D eigenvalue weighted by Crippen LogP contribution is 2.25. The maximum absolute atomic E-state index is 11.6. The van der Waals surface area contributed by atoms with Crippen molar-refractivity contribution in [1.29, 1.82) is 0 Å². The summed E-state index contributed by atoms with van der Waals surface area (Å²) in [6.07, 6.45) is 1.18. The predicted octanol–water partition coefficient (Wildman–Crippen LogP) is 2.47. The molecule has 0 spiro atoms. The van der Waals surface area contributed by atoms with E-state index in [-0.39, 0.29) is 5.97 Å². The summed E-state index contributed by atoms with van der Waals surface area (Å²) in [7, 11) is 0.